The van der Waals surface area contributed by atoms with E-state index < -0.39 is 0 Å². The minimum atomic E-state index is 0. The van der Waals surface area contributed by atoms with E-state index in [1.54, 1.807) is 16.8 Å². The van der Waals surface area contributed by atoms with Crippen LogP contribution < -0.4 is 0 Å². The van der Waals surface area contributed by atoms with Crippen molar-refractivity contribution in [3.8, 4) is 0 Å². The molecule has 0 N–H and O–H groups in total. The van der Waals surface area contributed by atoms with Crippen molar-refractivity contribution in [2.24, 2.45) is 0 Å². The van der Waals surface area contributed by atoms with E-state index in [1.165, 1.54) is 27.1 Å². The Morgan fingerprint density at radius 3 is 1.41 bits per heavy atom. The average molecular weight is 426 g/mol. The maximum Gasteiger partial charge on any atom is 4.00 e. The van der Waals surface area contributed by atoms with Gasteiger partial charge in [0, 0.05) is 0 Å². The first kappa shape index (κ1) is 24.7. The van der Waals surface area contributed by atoms with E-state index in [2.05, 4.69) is 97.5 Å². The number of hydrogen-bond donors (Lipinski definition) is 0. The molecular formula is C27H26SiTi. The first-order valence-corrected chi connectivity index (χ1v) is 10.1. The van der Waals surface area contributed by atoms with E-state index in [9.17, 15) is 0 Å². The second-order valence-corrected chi connectivity index (χ2v) is 6.21. The summed E-state index contributed by atoms with van der Waals surface area (Å²) < 4.78 is 0. The van der Waals surface area contributed by atoms with Gasteiger partial charge < -0.3 is 6.92 Å². The van der Waals surface area contributed by atoms with Crippen LogP contribution in [0.15, 0.2) is 115 Å². The molecule has 5 aromatic rings. The van der Waals surface area contributed by atoms with E-state index in [0.29, 0.717) is 0 Å². The van der Waals surface area contributed by atoms with Crippen molar-refractivity contribution in [3.63, 3.8) is 0 Å². The van der Waals surface area contributed by atoms with Crippen molar-refractivity contribution in [1.82, 2.24) is 0 Å². The third-order valence-corrected chi connectivity index (χ3v) is 4.48. The molecule has 29 heavy (non-hydrogen) atoms. The minimum absolute atomic E-state index is 0. The molecule has 0 aromatic heterocycles. The van der Waals surface area contributed by atoms with Gasteiger partial charge in [-0.15, -0.1) is 71.4 Å². The van der Waals surface area contributed by atoms with Crippen LogP contribution in [0.2, 0.25) is 0 Å². The van der Waals surface area contributed by atoms with Crippen LogP contribution in [0.25, 0.3) is 21.5 Å². The largest absolute Gasteiger partial charge is 4.00 e. The summed E-state index contributed by atoms with van der Waals surface area (Å²) >= 11 is 0. The zero-order chi connectivity index (χ0) is 20.0. The van der Waals surface area contributed by atoms with Crippen LogP contribution in [0, 0.1) is 6.92 Å². The van der Waals surface area contributed by atoms with Gasteiger partial charge in [-0.3, -0.25) is 0 Å². The molecule has 0 bridgehead atoms. The minimum Gasteiger partial charge on any atom is -0.346 e. The normalized spacial score (nSPS) is 8.90. The van der Waals surface area contributed by atoms with Crippen molar-refractivity contribution in [2.75, 3.05) is 0 Å². The van der Waals surface area contributed by atoms with E-state index >= 15 is 0 Å². The smallest absolute Gasteiger partial charge is 0.346 e. The van der Waals surface area contributed by atoms with Crippen molar-refractivity contribution >= 4 is 37.1 Å². The first-order chi connectivity index (χ1) is 13.9. The molecule has 5 rings (SSSR count). The topological polar surface area (TPSA) is 0 Å². The van der Waals surface area contributed by atoms with E-state index in [1.807, 2.05) is 30.3 Å². The summed E-state index contributed by atoms with van der Waals surface area (Å²) in [5, 5.41) is 5.32. The molecule has 142 valence electrons. The molecule has 0 saturated heterocycles. The van der Waals surface area contributed by atoms with Gasteiger partial charge in [0.1, 0.15) is 0 Å². The molecule has 0 aliphatic carbocycles. The van der Waals surface area contributed by atoms with Crippen LogP contribution in [-0.2, 0) is 21.7 Å². The Morgan fingerprint density at radius 2 is 1.03 bits per heavy atom. The van der Waals surface area contributed by atoms with Gasteiger partial charge in [0.05, 0.1) is 0 Å². The molecule has 0 aliphatic rings. The van der Waals surface area contributed by atoms with Crippen LogP contribution in [0.5, 0.6) is 0 Å². The molecule has 0 aliphatic heterocycles. The fourth-order valence-corrected chi connectivity index (χ4v) is 2.93. The predicted molar refractivity (Wildman–Crippen MR) is 129 cm³/mol. The van der Waals surface area contributed by atoms with Crippen molar-refractivity contribution in [1.29, 1.82) is 0 Å². The molecule has 0 radical (unpaired) electrons. The summed E-state index contributed by atoms with van der Waals surface area (Å²) in [5.41, 5.74) is 4.23. The van der Waals surface area contributed by atoms with Crippen LogP contribution >= 0.6 is 0 Å². The molecular weight excluding hydrogens is 400 g/mol. The molecule has 0 saturated carbocycles. The van der Waals surface area contributed by atoms with Gasteiger partial charge >= 0.3 is 21.7 Å². The molecule has 2 heteroatoms. The van der Waals surface area contributed by atoms with Crippen molar-refractivity contribution in [2.45, 2.75) is 6.92 Å². The third-order valence-electron chi connectivity index (χ3n) is 4.07. The summed E-state index contributed by atoms with van der Waals surface area (Å²) in [5.74, 6) is 0. The Kier molecular flexibility index (Phi) is 12.5. The van der Waals surface area contributed by atoms with Crippen LogP contribution in [0.4, 0.5) is 0 Å². The number of hydrogen-bond acceptors (Lipinski definition) is 0. The molecule has 0 atom stereocenters. The second kappa shape index (κ2) is 14.6. The van der Waals surface area contributed by atoms with Crippen molar-refractivity contribution < 1.29 is 21.7 Å². The van der Waals surface area contributed by atoms with Crippen LogP contribution in [0.3, 0.4) is 0 Å². The molecule has 0 heterocycles. The van der Waals surface area contributed by atoms with Crippen molar-refractivity contribution in [3.05, 3.63) is 128 Å². The van der Waals surface area contributed by atoms with Gasteiger partial charge in [-0.1, -0.05) is 28.1 Å². The third kappa shape index (κ3) is 8.29. The monoisotopic (exact) mass is 426 g/mol. The van der Waals surface area contributed by atoms with Gasteiger partial charge in [0.15, 0.2) is 0 Å². The molecule has 0 spiro atoms. The maximum absolute atomic E-state index is 3.25. The zero-order valence-electron chi connectivity index (χ0n) is 16.9. The van der Waals surface area contributed by atoms with Crippen LogP contribution in [0.1, 0.15) is 12.5 Å². The Bertz CT molecular complexity index is 931. The predicted octanol–water partition coefficient (Wildman–Crippen LogP) is 6.30. The Morgan fingerprint density at radius 1 is 0.621 bits per heavy atom. The molecule has 0 nitrogen and oxygen atoms in total. The maximum atomic E-state index is 3.25. The molecule has 0 fully saturated rings. The summed E-state index contributed by atoms with van der Waals surface area (Å²) in [7, 11) is 1.73. The first-order valence-electron chi connectivity index (χ1n) is 9.36. The standard InChI is InChI=1S/2C9H7.C7H7Si.C2H5.Ti/c2*1-2-5-9-7-3-6-8(9)4-1;8-6-7-4-2-1-3-5-7;1-2;/h2*1-7H;1-5H,8H2;1H2,2H3;/q4*-1;+4. The summed E-state index contributed by atoms with van der Waals surface area (Å²) in [6.45, 7) is 5.00. The summed E-state index contributed by atoms with van der Waals surface area (Å²) in [4.78, 5) is 0. The number of benzene rings is 3. The van der Waals surface area contributed by atoms with E-state index in [4.69, 9.17) is 0 Å². The van der Waals surface area contributed by atoms with E-state index in [0.717, 1.165) is 0 Å². The Labute approximate surface area is 192 Å². The SMILES string of the molecule is [CH2-]C.[SiH2]=[C-]c1ccccc1.[Ti+4].c1ccc2[cH-]ccc2c1.c1ccc2[cH-]ccc2c1. The Hall–Kier alpha value is -2.32. The fourth-order valence-electron chi connectivity index (χ4n) is 2.70. The van der Waals surface area contributed by atoms with Gasteiger partial charge in [0.2, 0.25) is 0 Å². The second-order valence-electron chi connectivity index (χ2n) is 5.85. The average Bonchev–Trinajstić information content (AvgIpc) is 3.46. The van der Waals surface area contributed by atoms with Gasteiger partial charge in [-0.2, -0.15) is 65.3 Å². The summed E-state index contributed by atoms with van der Waals surface area (Å²) in [6, 6.07) is 39.4. The van der Waals surface area contributed by atoms with Gasteiger partial charge in [0.25, 0.3) is 0 Å². The molecule has 0 amide bonds. The number of fused-ring (bicyclic) bond motifs is 2. The van der Waals surface area contributed by atoms with E-state index in [-0.39, 0.29) is 21.7 Å². The summed E-state index contributed by atoms with van der Waals surface area (Å²) in [6.07, 6.45) is 0. The van der Waals surface area contributed by atoms with Gasteiger partial charge in [-0.05, 0) is 0 Å². The zero-order valence-corrected chi connectivity index (χ0v) is 19.9. The molecule has 0 unspecified atom stereocenters. The fraction of sp³-hybridized carbons (Fsp3) is 0.0370. The van der Waals surface area contributed by atoms with Crippen LogP contribution in [-0.4, -0.2) is 15.5 Å². The van der Waals surface area contributed by atoms with Gasteiger partial charge in [-0.25, -0.2) is 0 Å². The molecule has 5 aromatic carbocycles. The Balaban J connectivity index is 0.000000206. The quantitative estimate of drug-likeness (QED) is 0.218. The number of rotatable bonds is 1.